The Labute approximate surface area is 139 Å². The molecule has 0 heterocycles. The van der Waals surface area contributed by atoms with E-state index in [2.05, 4.69) is 3.77 Å². The third-order valence-corrected chi connectivity index (χ3v) is 6.45. The molecular weight excluding hydrogens is 358 g/mol. The molecule has 2 aromatic carbocycles. The first kappa shape index (κ1) is 17.7. The van der Waals surface area contributed by atoms with Crippen LogP contribution >= 0.6 is 0 Å². The smallest absolute Gasteiger partial charge is 0.258 e. The zero-order valence-electron chi connectivity index (χ0n) is 12.2. The second-order valence-electron chi connectivity index (χ2n) is 4.53. The molecule has 1 atom stereocenters. The van der Waals surface area contributed by atoms with Gasteiger partial charge in [-0.25, -0.2) is 0 Å². The lowest BCUT2D eigenvalue weighted by Gasteiger charge is -2.03. The topological polar surface area (TPSA) is 133 Å². The van der Waals surface area contributed by atoms with E-state index in [-0.39, 0.29) is 16.3 Å². The number of non-ortho nitro benzene ring substituents is 2. The molecule has 0 N–H and O–H groups in total. The van der Waals surface area contributed by atoms with Gasteiger partial charge in [-0.2, -0.15) is 8.42 Å². The number of hydrogen-bond donors (Lipinski definition) is 0. The molecule has 9 nitrogen and oxygen atoms in total. The average Bonchev–Trinajstić information content (AvgIpc) is 2.54. The normalized spacial score (nSPS) is 12.7. The first-order valence-corrected chi connectivity index (χ1v) is 9.37. The van der Waals surface area contributed by atoms with Gasteiger partial charge in [0.05, 0.1) is 14.7 Å². The van der Waals surface area contributed by atoms with Crippen LogP contribution in [0.25, 0.3) is 0 Å². The monoisotopic (exact) mass is 369 g/mol. The molecule has 0 aliphatic heterocycles. The van der Waals surface area contributed by atoms with Crippen LogP contribution in [0.15, 0.2) is 62.1 Å². The summed E-state index contributed by atoms with van der Waals surface area (Å²) in [5, 5.41) is 21.2. The molecule has 0 aromatic heterocycles. The molecule has 126 valence electrons. The number of benzene rings is 2. The van der Waals surface area contributed by atoms with E-state index in [9.17, 15) is 28.6 Å². The molecule has 0 amide bonds. The molecule has 0 fully saturated rings. The number of nitro benzene ring substituents is 2. The number of rotatable bonds is 5. The van der Waals surface area contributed by atoms with E-state index in [0.29, 0.717) is 4.90 Å². The largest absolute Gasteiger partial charge is 0.288 e. The maximum absolute atomic E-state index is 12.2. The Morgan fingerprint density at radius 2 is 1.29 bits per heavy atom. The summed E-state index contributed by atoms with van der Waals surface area (Å²) in [5.41, 5.74) is -0.325. The first-order valence-electron chi connectivity index (χ1n) is 6.34. The zero-order valence-corrected chi connectivity index (χ0v) is 13.9. The van der Waals surface area contributed by atoms with E-state index in [0.717, 1.165) is 24.3 Å². The number of hydrogen-bond acceptors (Lipinski definition) is 6. The maximum atomic E-state index is 12.2. The molecular formula is C13H11N3O6S2. The van der Waals surface area contributed by atoms with Gasteiger partial charge in [0, 0.05) is 29.2 Å². The van der Waals surface area contributed by atoms with E-state index < -0.39 is 30.6 Å². The minimum atomic E-state index is -4.00. The van der Waals surface area contributed by atoms with Gasteiger partial charge in [0.1, 0.15) is 0 Å². The molecule has 2 rings (SSSR count). The van der Waals surface area contributed by atoms with Crippen molar-refractivity contribution in [1.82, 2.24) is 0 Å². The summed E-state index contributed by atoms with van der Waals surface area (Å²) in [7, 11) is -5.05. The van der Waals surface area contributed by atoms with Crippen molar-refractivity contribution in [2.45, 2.75) is 9.79 Å². The third-order valence-electron chi connectivity index (χ3n) is 2.94. The van der Waals surface area contributed by atoms with Gasteiger partial charge in [-0.15, -0.1) is 3.77 Å². The quantitative estimate of drug-likeness (QED) is 0.587. The fourth-order valence-corrected chi connectivity index (χ4v) is 4.61. The van der Waals surface area contributed by atoms with Gasteiger partial charge in [-0.1, -0.05) is 10.7 Å². The van der Waals surface area contributed by atoms with E-state index in [1.807, 2.05) is 0 Å². The van der Waals surface area contributed by atoms with Crippen LogP contribution < -0.4 is 0 Å². The van der Waals surface area contributed by atoms with Crippen molar-refractivity contribution in [3.8, 4) is 0 Å². The zero-order chi connectivity index (χ0) is 17.9. The Balaban J connectivity index is 2.33. The molecule has 0 spiro atoms. The first-order chi connectivity index (χ1) is 11.2. The Hall–Kier alpha value is -2.66. The summed E-state index contributed by atoms with van der Waals surface area (Å²) in [4.78, 5) is 20.4. The van der Waals surface area contributed by atoms with Crippen LogP contribution in [0.5, 0.6) is 0 Å². The molecule has 2 aromatic rings. The van der Waals surface area contributed by atoms with Crippen molar-refractivity contribution in [3.05, 3.63) is 68.8 Å². The maximum Gasteiger partial charge on any atom is 0.288 e. The van der Waals surface area contributed by atoms with Crippen molar-refractivity contribution in [1.29, 1.82) is 0 Å². The summed E-state index contributed by atoms with van der Waals surface area (Å²) in [6, 6.07) is 9.82. The lowest BCUT2D eigenvalue weighted by atomic mass is 10.3. The van der Waals surface area contributed by atoms with Gasteiger partial charge in [0.15, 0.2) is 0 Å². The molecule has 11 heteroatoms. The standard InChI is InChI=1S/C13H11N3O6S2/c1-23(12-6-2-10(3-7-12)15(17)18)14-24(21,22)13-8-4-11(5-9-13)16(19)20/h2-9H,1H3. The van der Waals surface area contributed by atoms with Gasteiger partial charge in [0.25, 0.3) is 21.4 Å². The van der Waals surface area contributed by atoms with Gasteiger partial charge in [-0.3, -0.25) is 20.2 Å². The second kappa shape index (κ2) is 6.84. The Morgan fingerprint density at radius 3 is 1.71 bits per heavy atom. The summed E-state index contributed by atoms with van der Waals surface area (Å²) in [6.45, 7) is 0. The molecule has 0 radical (unpaired) electrons. The third kappa shape index (κ3) is 4.00. The van der Waals surface area contributed by atoms with Crippen molar-refractivity contribution in [2.75, 3.05) is 6.26 Å². The molecule has 0 saturated heterocycles. The lowest BCUT2D eigenvalue weighted by molar-refractivity contribution is -0.385. The van der Waals surface area contributed by atoms with Crippen LogP contribution in [0.2, 0.25) is 0 Å². The van der Waals surface area contributed by atoms with Crippen molar-refractivity contribution < 1.29 is 18.3 Å². The summed E-state index contributed by atoms with van der Waals surface area (Å²) < 4.78 is 28.2. The Morgan fingerprint density at radius 1 is 0.875 bits per heavy atom. The molecule has 0 aliphatic rings. The summed E-state index contributed by atoms with van der Waals surface area (Å²) >= 11 is 0. The minimum Gasteiger partial charge on any atom is -0.258 e. The van der Waals surface area contributed by atoms with Crippen molar-refractivity contribution in [3.63, 3.8) is 0 Å². The Kier molecular flexibility index (Phi) is 5.04. The van der Waals surface area contributed by atoms with Crippen LogP contribution in [0, 0.1) is 20.2 Å². The molecule has 0 bridgehead atoms. The highest BCUT2D eigenvalue weighted by atomic mass is 32.3. The fraction of sp³-hybridized carbons (Fsp3) is 0.0769. The highest BCUT2D eigenvalue weighted by Crippen LogP contribution is 2.20. The van der Waals surface area contributed by atoms with E-state index in [1.165, 1.54) is 24.3 Å². The molecule has 0 saturated carbocycles. The van der Waals surface area contributed by atoms with Gasteiger partial charge >= 0.3 is 0 Å². The van der Waals surface area contributed by atoms with Gasteiger partial charge in [0.2, 0.25) is 0 Å². The number of nitrogens with zero attached hydrogens (tertiary/aromatic N) is 3. The predicted octanol–water partition coefficient (Wildman–Crippen LogP) is 2.68. The molecule has 1 unspecified atom stereocenters. The van der Waals surface area contributed by atoms with Crippen LogP contribution in [0.4, 0.5) is 11.4 Å². The highest BCUT2D eigenvalue weighted by Gasteiger charge is 2.16. The van der Waals surface area contributed by atoms with Crippen molar-refractivity contribution >= 4 is 32.1 Å². The summed E-state index contributed by atoms with van der Waals surface area (Å²) in [5.74, 6) is 0. The van der Waals surface area contributed by atoms with Crippen LogP contribution in [0.1, 0.15) is 0 Å². The number of nitro groups is 2. The van der Waals surface area contributed by atoms with Crippen molar-refractivity contribution in [2.24, 2.45) is 3.77 Å². The fourth-order valence-electron chi connectivity index (χ4n) is 1.74. The lowest BCUT2D eigenvalue weighted by Crippen LogP contribution is -2.00. The molecule has 24 heavy (non-hydrogen) atoms. The number of sulfonamides is 1. The van der Waals surface area contributed by atoms with Gasteiger partial charge < -0.3 is 0 Å². The van der Waals surface area contributed by atoms with Crippen LogP contribution in [0.3, 0.4) is 0 Å². The van der Waals surface area contributed by atoms with E-state index >= 15 is 0 Å². The van der Waals surface area contributed by atoms with E-state index in [4.69, 9.17) is 0 Å². The summed E-state index contributed by atoms with van der Waals surface area (Å²) in [6.07, 6.45) is 1.56. The molecule has 0 aliphatic carbocycles. The Bertz CT molecular complexity index is 921. The second-order valence-corrected chi connectivity index (χ2v) is 7.97. The average molecular weight is 369 g/mol. The van der Waals surface area contributed by atoms with Gasteiger partial charge in [-0.05, 0) is 30.5 Å². The van der Waals surface area contributed by atoms with Crippen LogP contribution in [-0.4, -0.2) is 24.5 Å². The predicted molar refractivity (Wildman–Crippen MR) is 87.4 cm³/mol. The SMILES string of the molecule is CS(=NS(=O)(=O)c1ccc([N+](=O)[O-])cc1)c1ccc([N+](=O)[O-])cc1. The highest BCUT2D eigenvalue weighted by molar-refractivity contribution is 7.99. The van der Waals surface area contributed by atoms with E-state index in [1.54, 1.807) is 6.26 Å². The minimum absolute atomic E-state index is 0.103. The van der Waals surface area contributed by atoms with Crippen LogP contribution in [-0.2, 0) is 20.7 Å².